The molecule has 6 heteroatoms. The molecule has 0 saturated carbocycles. The molecular weight excluding hydrogens is 318 g/mol. The molecule has 0 aliphatic carbocycles. The van der Waals surface area contributed by atoms with Gasteiger partial charge in [0.1, 0.15) is 11.8 Å². The van der Waals surface area contributed by atoms with Gasteiger partial charge in [0.25, 0.3) is 0 Å². The number of hydrogen-bond acceptors (Lipinski definition) is 3. The van der Waals surface area contributed by atoms with E-state index in [2.05, 4.69) is 18.3 Å². The number of piperazine rings is 1. The fourth-order valence-corrected chi connectivity index (χ4v) is 2.93. The van der Waals surface area contributed by atoms with E-state index in [0.29, 0.717) is 26.2 Å². The van der Waals surface area contributed by atoms with Crippen molar-refractivity contribution in [2.75, 3.05) is 33.3 Å². The lowest BCUT2D eigenvalue weighted by atomic mass is 10.1. The van der Waals surface area contributed by atoms with E-state index in [9.17, 15) is 9.59 Å². The van der Waals surface area contributed by atoms with E-state index in [-0.39, 0.29) is 11.9 Å². The minimum Gasteiger partial charge on any atom is -0.493 e. The van der Waals surface area contributed by atoms with Gasteiger partial charge < -0.3 is 19.9 Å². The zero-order valence-electron chi connectivity index (χ0n) is 15.5. The highest BCUT2D eigenvalue weighted by Crippen LogP contribution is 2.19. The number of hydrogen-bond donors (Lipinski definition) is 1. The van der Waals surface area contributed by atoms with Crippen LogP contribution in [-0.4, -0.2) is 61.1 Å². The third-order valence-electron chi connectivity index (χ3n) is 4.47. The van der Waals surface area contributed by atoms with Crippen molar-refractivity contribution in [3.63, 3.8) is 0 Å². The topological polar surface area (TPSA) is 61.9 Å². The normalized spacial score (nSPS) is 17.6. The molecule has 0 aromatic heterocycles. The summed E-state index contributed by atoms with van der Waals surface area (Å²) in [5, 5.41) is 2.93. The number of benzene rings is 1. The molecule has 0 unspecified atom stereocenters. The summed E-state index contributed by atoms with van der Waals surface area (Å²) in [7, 11) is 1.77. The van der Waals surface area contributed by atoms with Crippen LogP contribution in [0.1, 0.15) is 32.3 Å². The zero-order valence-corrected chi connectivity index (χ0v) is 15.5. The number of nitrogens with one attached hydrogen (secondary N) is 1. The zero-order chi connectivity index (χ0) is 18.2. The Labute approximate surface area is 150 Å². The van der Waals surface area contributed by atoms with Crippen LogP contribution < -0.4 is 10.1 Å². The number of urea groups is 1. The van der Waals surface area contributed by atoms with Gasteiger partial charge in [-0.25, -0.2) is 4.79 Å². The number of rotatable bonds is 7. The molecule has 1 N–H and O–H groups in total. The van der Waals surface area contributed by atoms with Crippen LogP contribution in [0.15, 0.2) is 24.3 Å². The molecule has 6 nitrogen and oxygen atoms in total. The molecule has 1 heterocycles. The Morgan fingerprint density at radius 3 is 2.84 bits per heavy atom. The molecule has 1 aliphatic rings. The Morgan fingerprint density at radius 1 is 1.32 bits per heavy atom. The summed E-state index contributed by atoms with van der Waals surface area (Å²) in [6.07, 6.45) is 2.65. The summed E-state index contributed by atoms with van der Waals surface area (Å²) >= 11 is 0. The smallest absolute Gasteiger partial charge is 0.318 e. The van der Waals surface area contributed by atoms with Gasteiger partial charge in [0.15, 0.2) is 0 Å². The number of aryl methyl sites for hydroxylation is 1. The van der Waals surface area contributed by atoms with Crippen molar-refractivity contribution in [1.29, 1.82) is 0 Å². The number of carbonyl (C=O) groups is 2. The van der Waals surface area contributed by atoms with Gasteiger partial charge in [0.05, 0.1) is 6.61 Å². The second-order valence-electron chi connectivity index (χ2n) is 6.42. The predicted octanol–water partition coefficient (Wildman–Crippen LogP) is 2.28. The molecule has 3 amide bonds. The third-order valence-corrected chi connectivity index (χ3v) is 4.47. The van der Waals surface area contributed by atoms with Crippen molar-refractivity contribution in [3.8, 4) is 5.75 Å². The molecular formula is C19H29N3O3. The molecule has 0 spiro atoms. The fourth-order valence-electron chi connectivity index (χ4n) is 2.93. The lowest BCUT2D eigenvalue weighted by molar-refractivity contribution is -0.137. The highest BCUT2D eigenvalue weighted by molar-refractivity contribution is 5.87. The molecule has 2 rings (SSSR count). The van der Waals surface area contributed by atoms with Gasteiger partial charge in [-0.2, -0.15) is 0 Å². The van der Waals surface area contributed by atoms with Crippen molar-refractivity contribution in [2.45, 2.75) is 39.2 Å². The van der Waals surface area contributed by atoms with E-state index in [0.717, 1.165) is 30.6 Å². The fraction of sp³-hybridized carbons (Fsp3) is 0.579. The van der Waals surface area contributed by atoms with Crippen LogP contribution in [-0.2, 0) is 11.2 Å². The van der Waals surface area contributed by atoms with Crippen LogP contribution >= 0.6 is 0 Å². The first-order valence-electron chi connectivity index (χ1n) is 9.04. The summed E-state index contributed by atoms with van der Waals surface area (Å²) in [5.74, 6) is 0.914. The number of carbonyl (C=O) groups excluding carboxylic acids is 2. The average Bonchev–Trinajstić information content (AvgIpc) is 2.62. The minimum atomic E-state index is -0.401. The molecule has 138 valence electrons. The number of ether oxygens (including phenoxy) is 1. The standard InChI is InChI=1S/C19H29N3O3/c1-4-14-25-17-10-6-5-8-16(17)9-7-11-20-19(24)22-13-12-21(3)18(23)15(22)2/h5-6,8,10,15H,4,7,9,11-14H2,1-3H3,(H,20,24)/t15-/m0/s1. The summed E-state index contributed by atoms with van der Waals surface area (Å²) in [6.45, 7) is 6.31. The van der Waals surface area contributed by atoms with Gasteiger partial charge in [-0.05, 0) is 37.8 Å². The molecule has 0 bridgehead atoms. The highest BCUT2D eigenvalue weighted by Gasteiger charge is 2.32. The Bertz CT molecular complexity index is 591. The molecule has 1 saturated heterocycles. The second-order valence-corrected chi connectivity index (χ2v) is 6.42. The van der Waals surface area contributed by atoms with Crippen molar-refractivity contribution >= 4 is 11.9 Å². The maximum Gasteiger partial charge on any atom is 0.318 e. The predicted molar refractivity (Wildman–Crippen MR) is 97.8 cm³/mol. The molecule has 25 heavy (non-hydrogen) atoms. The first-order valence-corrected chi connectivity index (χ1v) is 9.04. The molecule has 1 fully saturated rings. The van der Waals surface area contributed by atoms with Crippen LogP contribution in [0.2, 0.25) is 0 Å². The van der Waals surface area contributed by atoms with E-state index in [1.165, 1.54) is 0 Å². The van der Waals surface area contributed by atoms with E-state index >= 15 is 0 Å². The van der Waals surface area contributed by atoms with Gasteiger partial charge in [-0.3, -0.25) is 4.79 Å². The molecule has 0 radical (unpaired) electrons. The lowest BCUT2D eigenvalue weighted by Crippen LogP contribution is -2.58. The van der Waals surface area contributed by atoms with E-state index in [1.807, 2.05) is 18.2 Å². The van der Waals surface area contributed by atoms with Crippen LogP contribution in [0.25, 0.3) is 0 Å². The highest BCUT2D eigenvalue weighted by atomic mass is 16.5. The number of amides is 3. The number of likely N-dealkylation sites (N-methyl/N-ethyl adjacent to an activating group) is 1. The number of para-hydroxylation sites is 1. The molecule has 1 atom stereocenters. The van der Waals surface area contributed by atoms with Gasteiger partial charge in [0.2, 0.25) is 5.91 Å². The van der Waals surface area contributed by atoms with Crippen LogP contribution in [0.5, 0.6) is 5.75 Å². The maximum absolute atomic E-state index is 12.3. The molecule has 1 aromatic rings. The summed E-state index contributed by atoms with van der Waals surface area (Å²) in [6, 6.07) is 7.47. The SMILES string of the molecule is CCCOc1ccccc1CCCNC(=O)N1CCN(C)C(=O)[C@@H]1C. The number of nitrogens with zero attached hydrogens (tertiary/aromatic N) is 2. The van der Waals surface area contributed by atoms with E-state index in [4.69, 9.17) is 4.74 Å². The summed E-state index contributed by atoms with van der Waals surface area (Å²) in [5.41, 5.74) is 1.16. The maximum atomic E-state index is 12.3. The van der Waals surface area contributed by atoms with E-state index in [1.54, 1.807) is 23.8 Å². The molecule has 1 aromatic carbocycles. The minimum absolute atomic E-state index is 0.0107. The van der Waals surface area contributed by atoms with Gasteiger partial charge >= 0.3 is 6.03 Å². The lowest BCUT2D eigenvalue weighted by Gasteiger charge is -2.37. The third kappa shape index (κ3) is 5.11. The van der Waals surface area contributed by atoms with E-state index < -0.39 is 6.04 Å². The Kier molecular flexibility index (Phi) is 7.10. The van der Waals surface area contributed by atoms with Gasteiger partial charge in [-0.15, -0.1) is 0 Å². The average molecular weight is 347 g/mol. The van der Waals surface area contributed by atoms with Crippen LogP contribution in [0.4, 0.5) is 4.79 Å². The second kappa shape index (κ2) is 9.30. The Morgan fingerprint density at radius 2 is 2.08 bits per heavy atom. The summed E-state index contributed by atoms with van der Waals surface area (Å²) in [4.78, 5) is 27.5. The first-order chi connectivity index (χ1) is 12.0. The molecule has 1 aliphatic heterocycles. The van der Waals surface area contributed by atoms with Crippen LogP contribution in [0.3, 0.4) is 0 Å². The largest absolute Gasteiger partial charge is 0.493 e. The van der Waals surface area contributed by atoms with Crippen molar-refractivity contribution in [1.82, 2.24) is 15.1 Å². The van der Waals surface area contributed by atoms with Crippen molar-refractivity contribution < 1.29 is 14.3 Å². The van der Waals surface area contributed by atoms with Gasteiger partial charge in [0, 0.05) is 26.7 Å². The van der Waals surface area contributed by atoms with Crippen molar-refractivity contribution in [3.05, 3.63) is 29.8 Å². The first kappa shape index (κ1) is 19.1. The van der Waals surface area contributed by atoms with Crippen LogP contribution in [0, 0.1) is 0 Å². The Balaban J connectivity index is 1.78. The van der Waals surface area contributed by atoms with Gasteiger partial charge in [-0.1, -0.05) is 25.1 Å². The van der Waals surface area contributed by atoms with Crippen molar-refractivity contribution in [2.24, 2.45) is 0 Å². The monoisotopic (exact) mass is 347 g/mol. The summed E-state index contributed by atoms with van der Waals surface area (Å²) < 4.78 is 5.76. The Hall–Kier alpha value is -2.24. The quantitative estimate of drug-likeness (QED) is 0.770.